The van der Waals surface area contributed by atoms with E-state index in [9.17, 15) is 5.11 Å². The summed E-state index contributed by atoms with van der Waals surface area (Å²) >= 11 is 0. The average molecular weight is 141 g/mol. The summed E-state index contributed by atoms with van der Waals surface area (Å²) in [6.07, 6.45) is 4.44. The van der Waals surface area contributed by atoms with Crippen molar-refractivity contribution >= 4 is 0 Å². The first-order valence-corrected chi connectivity index (χ1v) is 4.12. The lowest BCUT2D eigenvalue weighted by atomic mass is 10.1. The maximum atomic E-state index is 9.74. The molecule has 1 unspecified atom stereocenters. The van der Waals surface area contributed by atoms with Gasteiger partial charge in [0.05, 0.1) is 12.6 Å². The molecule has 0 amide bonds. The Kier molecular flexibility index (Phi) is 1.29. The Morgan fingerprint density at radius 1 is 1.50 bits per heavy atom. The van der Waals surface area contributed by atoms with Crippen LogP contribution in [0.3, 0.4) is 0 Å². The Balaban J connectivity index is 2.03. The molecule has 2 nitrogen and oxygen atoms in total. The van der Waals surface area contributed by atoms with E-state index in [1.165, 1.54) is 17.7 Å². The third kappa shape index (κ3) is 0.867. The van der Waals surface area contributed by atoms with E-state index in [0.717, 1.165) is 19.4 Å². The molecule has 1 saturated carbocycles. The Bertz CT molecular complexity index is 142. The van der Waals surface area contributed by atoms with Crippen LogP contribution in [0.4, 0.5) is 0 Å². The zero-order chi connectivity index (χ0) is 7.19. The first kappa shape index (κ1) is 6.62. The maximum absolute atomic E-state index is 9.74. The van der Waals surface area contributed by atoms with Gasteiger partial charge in [0.25, 0.3) is 0 Å². The molecule has 0 spiro atoms. The minimum atomic E-state index is -0.298. The Morgan fingerprint density at radius 3 is 2.60 bits per heavy atom. The number of quaternary nitrogens is 1. The highest BCUT2D eigenvalue weighted by atomic mass is 16.3. The molecule has 10 heavy (non-hydrogen) atoms. The minimum Gasteiger partial charge on any atom is -0.463 e. The lowest BCUT2D eigenvalue weighted by Gasteiger charge is -2.27. The lowest BCUT2D eigenvalue weighted by molar-refractivity contribution is -0.872. The van der Waals surface area contributed by atoms with Crippen molar-refractivity contribution in [1.29, 1.82) is 0 Å². The predicted molar refractivity (Wildman–Crippen MR) is 38.4 cm³/mol. The van der Waals surface area contributed by atoms with Gasteiger partial charge in [0.15, 0.2) is 0 Å². The SMILES string of the molecule is [CH2-][NH+]1CCC[C@H]1C1(O)CC1. The van der Waals surface area contributed by atoms with Crippen LogP contribution < -0.4 is 4.90 Å². The Labute approximate surface area is 61.8 Å². The van der Waals surface area contributed by atoms with Crippen LogP contribution in [0.15, 0.2) is 0 Å². The van der Waals surface area contributed by atoms with Gasteiger partial charge in [-0.25, -0.2) is 0 Å². The van der Waals surface area contributed by atoms with Gasteiger partial charge >= 0.3 is 0 Å². The summed E-state index contributed by atoms with van der Waals surface area (Å²) < 4.78 is 0. The van der Waals surface area contributed by atoms with Crippen LogP contribution in [0, 0.1) is 7.05 Å². The van der Waals surface area contributed by atoms with Gasteiger partial charge in [0.2, 0.25) is 0 Å². The zero-order valence-corrected chi connectivity index (χ0v) is 6.27. The van der Waals surface area contributed by atoms with E-state index in [-0.39, 0.29) is 5.60 Å². The summed E-state index contributed by atoms with van der Waals surface area (Å²) in [6, 6.07) is 0.451. The summed E-state index contributed by atoms with van der Waals surface area (Å²) in [7, 11) is 3.98. The molecule has 1 heterocycles. The van der Waals surface area contributed by atoms with E-state index in [2.05, 4.69) is 7.05 Å². The molecule has 0 aromatic heterocycles. The predicted octanol–water partition coefficient (Wildman–Crippen LogP) is -0.650. The van der Waals surface area contributed by atoms with Crippen molar-refractivity contribution in [3.63, 3.8) is 0 Å². The second-order valence-corrected chi connectivity index (χ2v) is 3.71. The molecule has 2 atom stereocenters. The van der Waals surface area contributed by atoms with Crippen molar-refractivity contribution in [2.24, 2.45) is 0 Å². The third-order valence-electron chi connectivity index (χ3n) is 2.89. The molecular formula is C8H15NO. The number of likely N-dealkylation sites (tertiary alicyclic amines) is 1. The summed E-state index contributed by atoms with van der Waals surface area (Å²) in [5.41, 5.74) is -0.298. The molecule has 2 N–H and O–H groups in total. The second-order valence-electron chi connectivity index (χ2n) is 3.71. The molecule has 58 valence electrons. The summed E-state index contributed by atoms with van der Waals surface area (Å²) in [5.74, 6) is 0. The molecule has 0 aromatic carbocycles. The molecule has 0 radical (unpaired) electrons. The first-order valence-electron chi connectivity index (χ1n) is 4.12. The van der Waals surface area contributed by atoms with E-state index in [1.54, 1.807) is 0 Å². The van der Waals surface area contributed by atoms with Crippen LogP contribution in [-0.2, 0) is 0 Å². The molecule has 2 heteroatoms. The van der Waals surface area contributed by atoms with Crippen LogP contribution in [-0.4, -0.2) is 23.3 Å². The number of hydrogen-bond acceptors (Lipinski definition) is 1. The van der Waals surface area contributed by atoms with Crippen molar-refractivity contribution in [3.8, 4) is 0 Å². The van der Waals surface area contributed by atoms with Crippen molar-refractivity contribution < 1.29 is 10.0 Å². The molecule has 2 aliphatic rings. The van der Waals surface area contributed by atoms with Gasteiger partial charge in [0.1, 0.15) is 5.60 Å². The molecular weight excluding hydrogens is 126 g/mol. The highest BCUT2D eigenvalue weighted by molar-refractivity contribution is 5.00. The van der Waals surface area contributed by atoms with Crippen LogP contribution in [0.2, 0.25) is 0 Å². The number of nitrogens with one attached hydrogen (secondary N) is 1. The highest BCUT2D eigenvalue weighted by Crippen LogP contribution is 2.39. The minimum absolute atomic E-state index is 0.298. The van der Waals surface area contributed by atoms with Crippen LogP contribution in [0.5, 0.6) is 0 Å². The summed E-state index contributed by atoms with van der Waals surface area (Å²) in [4.78, 5) is 1.29. The van der Waals surface area contributed by atoms with Crippen molar-refractivity contribution in [2.45, 2.75) is 37.3 Å². The van der Waals surface area contributed by atoms with Crippen LogP contribution >= 0.6 is 0 Å². The standard InChI is InChI=1S/C8H15NO/c1-9-6-2-3-7(9)8(10)4-5-8/h7,9-10H,1-6H2/t7-/m0/s1. The molecule has 1 aliphatic carbocycles. The van der Waals surface area contributed by atoms with Crippen molar-refractivity contribution in [3.05, 3.63) is 7.05 Å². The van der Waals surface area contributed by atoms with E-state index in [1.807, 2.05) is 0 Å². The zero-order valence-electron chi connectivity index (χ0n) is 6.27. The molecule has 0 bridgehead atoms. The van der Waals surface area contributed by atoms with Gasteiger partial charge in [-0.1, -0.05) is 0 Å². The quantitative estimate of drug-likeness (QED) is 0.466. The lowest BCUT2D eigenvalue weighted by Crippen LogP contribution is -3.10. The van der Waals surface area contributed by atoms with E-state index >= 15 is 0 Å². The maximum Gasteiger partial charge on any atom is 0.114 e. The van der Waals surface area contributed by atoms with Crippen molar-refractivity contribution in [2.75, 3.05) is 6.54 Å². The summed E-state index contributed by atoms with van der Waals surface area (Å²) in [6.45, 7) is 1.15. The fourth-order valence-corrected chi connectivity index (χ4v) is 2.04. The highest BCUT2D eigenvalue weighted by Gasteiger charge is 2.51. The van der Waals surface area contributed by atoms with Gasteiger partial charge in [-0.3, -0.25) is 0 Å². The molecule has 2 rings (SSSR count). The van der Waals surface area contributed by atoms with Gasteiger partial charge in [-0.05, 0) is 19.3 Å². The Hall–Kier alpha value is -0.0800. The first-order chi connectivity index (χ1) is 4.72. The van der Waals surface area contributed by atoms with E-state index < -0.39 is 0 Å². The van der Waals surface area contributed by atoms with Crippen LogP contribution in [0.1, 0.15) is 25.7 Å². The van der Waals surface area contributed by atoms with Gasteiger partial charge < -0.3 is 10.0 Å². The monoisotopic (exact) mass is 141 g/mol. The van der Waals surface area contributed by atoms with E-state index in [0.29, 0.717) is 6.04 Å². The molecule has 2 fully saturated rings. The largest absolute Gasteiger partial charge is 0.463 e. The fourth-order valence-electron chi connectivity index (χ4n) is 2.04. The second kappa shape index (κ2) is 1.95. The third-order valence-corrected chi connectivity index (χ3v) is 2.89. The molecule has 1 saturated heterocycles. The molecule has 1 aliphatic heterocycles. The van der Waals surface area contributed by atoms with Gasteiger partial charge in [-0.15, -0.1) is 0 Å². The van der Waals surface area contributed by atoms with Gasteiger partial charge in [-0.2, -0.15) is 7.05 Å². The topological polar surface area (TPSA) is 24.7 Å². The van der Waals surface area contributed by atoms with E-state index in [4.69, 9.17) is 0 Å². The number of aliphatic hydroxyl groups is 1. The molecule has 0 aromatic rings. The Morgan fingerprint density at radius 2 is 2.20 bits per heavy atom. The average Bonchev–Trinajstić information content (AvgIpc) is 2.44. The van der Waals surface area contributed by atoms with Gasteiger partial charge in [0, 0.05) is 6.42 Å². The smallest absolute Gasteiger partial charge is 0.114 e. The van der Waals surface area contributed by atoms with Crippen LogP contribution in [0.25, 0.3) is 0 Å². The number of hydrogen-bond donors (Lipinski definition) is 2. The van der Waals surface area contributed by atoms with Crippen molar-refractivity contribution in [1.82, 2.24) is 0 Å². The summed E-state index contributed by atoms with van der Waals surface area (Å²) in [5, 5.41) is 9.74. The number of rotatable bonds is 1. The fraction of sp³-hybridized carbons (Fsp3) is 0.875. The normalized spacial score (nSPS) is 43.8.